The molecule has 0 radical (unpaired) electrons. The number of piperidine rings is 2. The van der Waals surface area contributed by atoms with Gasteiger partial charge in [-0.25, -0.2) is 4.39 Å². The van der Waals surface area contributed by atoms with Gasteiger partial charge < -0.3 is 10.2 Å². The van der Waals surface area contributed by atoms with Gasteiger partial charge >= 0.3 is 0 Å². The first-order valence-electron chi connectivity index (χ1n) is 11.4. The van der Waals surface area contributed by atoms with Crippen LogP contribution >= 0.6 is 0 Å². The quantitative estimate of drug-likeness (QED) is 0.770. The lowest BCUT2D eigenvalue weighted by molar-refractivity contribution is -0.126. The predicted molar refractivity (Wildman–Crippen MR) is 117 cm³/mol. The highest BCUT2D eigenvalue weighted by Crippen LogP contribution is 2.22. The van der Waals surface area contributed by atoms with Gasteiger partial charge in [-0.15, -0.1) is 0 Å². The van der Waals surface area contributed by atoms with Crippen LogP contribution in [0.5, 0.6) is 0 Å². The number of nitrogens with zero attached hydrogens (tertiary/aromatic N) is 2. The van der Waals surface area contributed by atoms with Crippen LogP contribution in [0.4, 0.5) is 4.39 Å². The van der Waals surface area contributed by atoms with Crippen LogP contribution in [-0.4, -0.2) is 60.4 Å². The first kappa shape index (κ1) is 22.7. The molecule has 0 bridgehead atoms. The Morgan fingerprint density at radius 2 is 1.77 bits per heavy atom. The maximum Gasteiger partial charge on any atom is 0.253 e. The summed E-state index contributed by atoms with van der Waals surface area (Å²) in [7, 11) is 0. The minimum Gasteiger partial charge on any atom is -0.354 e. The molecule has 2 saturated heterocycles. The molecular formula is C24H36FN3O2. The van der Waals surface area contributed by atoms with E-state index in [1.54, 1.807) is 4.90 Å². The second kappa shape index (κ2) is 10.4. The molecular weight excluding hydrogens is 381 g/mol. The zero-order chi connectivity index (χ0) is 21.7. The van der Waals surface area contributed by atoms with Crippen molar-refractivity contribution in [3.05, 3.63) is 35.6 Å². The Morgan fingerprint density at radius 1 is 1.10 bits per heavy atom. The van der Waals surface area contributed by atoms with E-state index in [-0.39, 0.29) is 23.5 Å². The molecule has 1 N–H and O–H groups in total. The molecule has 1 aromatic rings. The normalized spacial score (nSPS) is 22.2. The van der Waals surface area contributed by atoms with E-state index in [0.29, 0.717) is 37.2 Å². The molecule has 2 amide bonds. The monoisotopic (exact) mass is 417 g/mol. The third kappa shape index (κ3) is 5.81. The number of hydrogen-bond donors (Lipinski definition) is 1. The number of likely N-dealkylation sites (tertiary alicyclic amines) is 2. The molecule has 2 fully saturated rings. The molecule has 2 atom stereocenters. The standard InChI is InChI=1S/C24H36FN3O2/c1-17(2)22(27-13-10-18(3)11-14-27)15-26-23(29)20-5-4-12-28(16-20)24(30)19-6-8-21(25)9-7-19/h6-9,17-18,20,22H,4-5,10-16H2,1-3H3,(H,26,29). The Bertz CT molecular complexity index is 714. The lowest BCUT2D eigenvalue weighted by atomic mass is 9.93. The van der Waals surface area contributed by atoms with Crippen LogP contribution < -0.4 is 5.32 Å². The van der Waals surface area contributed by atoms with E-state index < -0.39 is 0 Å². The average molecular weight is 418 g/mol. The van der Waals surface area contributed by atoms with Gasteiger partial charge in [-0.3, -0.25) is 14.5 Å². The predicted octanol–water partition coefficient (Wildman–Crippen LogP) is 3.55. The van der Waals surface area contributed by atoms with Crippen LogP contribution in [0.1, 0.15) is 56.8 Å². The van der Waals surface area contributed by atoms with Crippen molar-refractivity contribution in [1.82, 2.24) is 15.1 Å². The van der Waals surface area contributed by atoms with Crippen LogP contribution in [-0.2, 0) is 4.79 Å². The van der Waals surface area contributed by atoms with Crippen molar-refractivity contribution < 1.29 is 14.0 Å². The van der Waals surface area contributed by atoms with E-state index in [0.717, 1.165) is 31.8 Å². The van der Waals surface area contributed by atoms with Crippen molar-refractivity contribution in [3.63, 3.8) is 0 Å². The fourth-order valence-corrected chi connectivity index (χ4v) is 4.65. The summed E-state index contributed by atoms with van der Waals surface area (Å²) in [6.45, 7) is 10.7. The van der Waals surface area contributed by atoms with E-state index in [1.807, 2.05) is 0 Å². The van der Waals surface area contributed by atoms with Gasteiger partial charge in [-0.1, -0.05) is 20.8 Å². The van der Waals surface area contributed by atoms with Crippen LogP contribution in [0.25, 0.3) is 0 Å². The second-order valence-electron chi connectivity index (χ2n) is 9.37. The van der Waals surface area contributed by atoms with Gasteiger partial charge in [0.05, 0.1) is 5.92 Å². The van der Waals surface area contributed by atoms with E-state index in [1.165, 1.54) is 37.1 Å². The van der Waals surface area contributed by atoms with Gasteiger partial charge in [0.25, 0.3) is 5.91 Å². The molecule has 5 nitrogen and oxygen atoms in total. The van der Waals surface area contributed by atoms with Gasteiger partial charge in [0.2, 0.25) is 5.91 Å². The van der Waals surface area contributed by atoms with Crippen molar-refractivity contribution >= 4 is 11.8 Å². The third-order valence-electron chi connectivity index (χ3n) is 6.71. The molecule has 0 aliphatic carbocycles. The highest BCUT2D eigenvalue weighted by molar-refractivity contribution is 5.94. The molecule has 3 rings (SSSR count). The van der Waals surface area contributed by atoms with Gasteiger partial charge in [0, 0.05) is 31.2 Å². The number of carbonyl (C=O) groups is 2. The Labute approximate surface area is 180 Å². The van der Waals surface area contributed by atoms with Gasteiger partial charge in [0.1, 0.15) is 5.82 Å². The first-order chi connectivity index (χ1) is 14.3. The molecule has 6 heteroatoms. The molecule has 166 valence electrons. The minimum absolute atomic E-state index is 0.0441. The number of amides is 2. The summed E-state index contributed by atoms with van der Waals surface area (Å²) in [6, 6.07) is 5.97. The van der Waals surface area contributed by atoms with Gasteiger partial charge in [0.15, 0.2) is 0 Å². The van der Waals surface area contributed by atoms with Crippen LogP contribution in [0.15, 0.2) is 24.3 Å². The van der Waals surface area contributed by atoms with Crippen molar-refractivity contribution in [1.29, 1.82) is 0 Å². The van der Waals surface area contributed by atoms with Crippen LogP contribution in [0.3, 0.4) is 0 Å². The summed E-state index contributed by atoms with van der Waals surface area (Å²) in [4.78, 5) is 29.9. The molecule has 0 saturated carbocycles. The zero-order valence-electron chi connectivity index (χ0n) is 18.6. The highest BCUT2D eigenvalue weighted by Gasteiger charge is 2.31. The fraction of sp³-hybridized carbons (Fsp3) is 0.667. The topological polar surface area (TPSA) is 52.7 Å². The summed E-state index contributed by atoms with van der Waals surface area (Å²) in [5.41, 5.74) is 0.469. The number of hydrogen-bond acceptors (Lipinski definition) is 3. The van der Waals surface area contributed by atoms with E-state index >= 15 is 0 Å². The van der Waals surface area contributed by atoms with E-state index in [4.69, 9.17) is 0 Å². The molecule has 1 aromatic carbocycles. The number of rotatable bonds is 6. The summed E-state index contributed by atoms with van der Waals surface area (Å²) in [5, 5.41) is 3.18. The van der Waals surface area contributed by atoms with Crippen molar-refractivity contribution in [2.75, 3.05) is 32.7 Å². The summed E-state index contributed by atoms with van der Waals surface area (Å²) in [6.07, 6.45) is 4.05. The lowest BCUT2D eigenvalue weighted by Crippen LogP contribution is -2.52. The molecule has 2 aliphatic heterocycles. The molecule has 2 heterocycles. The minimum atomic E-state index is -0.356. The number of nitrogens with one attached hydrogen (secondary N) is 1. The summed E-state index contributed by atoms with van der Waals surface area (Å²) >= 11 is 0. The lowest BCUT2D eigenvalue weighted by Gasteiger charge is -2.39. The third-order valence-corrected chi connectivity index (χ3v) is 6.71. The van der Waals surface area contributed by atoms with Crippen LogP contribution in [0.2, 0.25) is 0 Å². The Morgan fingerprint density at radius 3 is 2.40 bits per heavy atom. The Kier molecular flexibility index (Phi) is 7.87. The van der Waals surface area contributed by atoms with E-state index in [2.05, 4.69) is 31.0 Å². The summed E-state index contributed by atoms with van der Waals surface area (Å²) in [5.74, 6) is 0.636. The average Bonchev–Trinajstić information content (AvgIpc) is 2.75. The maximum absolute atomic E-state index is 13.1. The number of benzene rings is 1. The Balaban J connectivity index is 1.54. The molecule has 2 unspecified atom stereocenters. The maximum atomic E-state index is 13.1. The van der Waals surface area contributed by atoms with Crippen molar-refractivity contribution in [3.8, 4) is 0 Å². The smallest absolute Gasteiger partial charge is 0.253 e. The Hall–Kier alpha value is -1.95. The van der Waals surface area contributed by atoms with Crippen molar-refractivity contribution in [2.45, 2.75) is 52.5 Å². The number of carbonyl (C=O) groups excluding carboxylic acids is 2. The zero-order valence-corrected chi connectivity index (χ0v) is 18.6. The molecule has 0 spiro atoms. The van der Waals surface area contributed by atoms with Gasteiger partial charge in [-0.05, 0) is 74.9 Å². The largest absolute Gasteiger partial charge is 0.354 e. The first-order valence-corrected chi connectivity index (χ1v) is 11.4. The molecule has 0 aromatic heterocycles. The van der Waals surface area contributed by atoms with Crippen molar-refractivity contribution in [2.24, 2.45) is 17.8 Å². The fourth-order valence-electron chi connectivity index (χ4n) is 4.65. The second-order valence-corrected chi connectivity index (χ2v) is 9.37. The molecule has 30 heavy (non-hydrogen) atoms. The van der Waals surface area contributed by atoms with Gasteiger partial charge in [-0.2, -0.15) is 0 Å². The van der Waals surface area contributed by atoms with Crippen LogP contribution in [0, 0.1) is 23.6 Å². The SMILES string of the molecule is CC1CCN(C(CNC(=O)C2CCCN(C(=O)c3ccc(F)cc3)C2)C(C)C)CC1. The number of halogens is 1. The highest BCUT2D eigenvalue weighted by atomic mass is 19.1. The van der Waals surface area contributed by atoms with E-state index in [9.17, 15) is 14.0 Å². The summed E-state index contributed by atoms with van der Waals surface area (Å²) < 4.78 is 13.1. The molecule has 2 aliphatic rings.